The molecule has 0 saturated heterocycles. The van der Waals surface area contributed by atoms with Gasteiger partial charge in [-0.05, 0) is 12.8 Å². The van der Waals surface area contributed by atoms with Gasteiger partial charge in [0.2, 0.25) is 0 Å². The maximum Gasteiger partial charge on any atom is 0.0897 e. The Morgan fingerprint density at radius 1 is 1.27 bits per heavy atom. The summed E-state index contributed by atoms with van der Waals surface area (Å²) in [5.74, 6) is 0.485. The van der Waals surface area contributed by atoms with Crippen LogP contribution in [0.4, 0.5) is 0 Å². The van der Waals surface area contributed by atoms with Crippen molar-refractivity contribution in [1.29, 1.82) is 0 Å². The molecule has 0 amide bonds. The molecule has 4 nitrogen and oxygen atoms in total. The molecule has 0 aliphatic carbocycles. The van der Waals surface area contributed by atoms with E-state index in [1.807, 2.05) is 6.92 Å². The molecule has 0 heterocycles. The molecule has 0 aromatic heterocycles. The van der Waals surface area contributed by atoms with Crippen LogP contribution in [0.5, 0.6) is 0 Å². The van der Waals surface area contributed by atoms with Gasteiger partial charge in [-0.15, -0.1) is 0 Å². The smallest absolute Gasteiger partial charge is 0.0897 e. The van der Waals surface area contributed by atoms with Crippen molar-refractivity contribution in [2.45, 2.75) is 33.0 Å². The Bertz CT molecular complexity index is 142. The first kappa shape index (κ1) is 14.8. The molecule has 2 N–H and O–H groups in total. The number of aliphatic hydroxyl groups excluding tert-OH is 1. The summed E-state index contributed by atoms with van der Waals surface area (Å²) >= 11 is 0. The maximum atomic E-state index is 9.55. The molecule has 2 atom stereocenters. The van der Waals surface area contributed by atoms with E-state index in [1.165, 1.54) is 0 Å². The van der Waals surface area contributed by atoms with Gasteiger partial charge in [0.15, 0.2) is 0 Å². The molecule has 0 bridgehead atoms. The molecule has 0 aliphatic heterocycles. The average Bonchev–Trinajstić information content (AvgIpc) is 2.20. The van der Waals surface area contributed by atoms with E-state index in [0.717, 1.165) is 6.54 Å². The summed E-state index contributed by atoms with van der Waals surface area (Å²) < 4.78 is 10.4. The molecule has 4 heteroatoms. The Kier molecular flexibility index (Phi) is 9.00. The zero-order chi connectivity index (χ0) is 11.7. The molecule has 2 unspecified atom stereocenters. The topological polar surface area (TPSA) is 50.7 Å². The largest absolute Gasteiger partial charge is 0.389 e. The number of nitrogens with one attached hydrogen (secondary N) is 1. The highest BCUT2D eigenvalue weighted by atomic mass is 16.5. The molecule has 15 heavy (non-hydrogen) atoms. The fraction of sp³-hybridized carbons (Fsp3) is 1.00. The minimum atomic E-state index is -0.442. The van der Waals surface area contributed by atoms with Gasteiger partial charge in [0, 0.05) is 20.2 Å². The summed E-state index contributed by atoms with van der Waals surface area (Å²) in [6.07, 6.45) is -0.248. The summed E-state index contributed by atoms with van der Waals surface area (Å²) in [4.78, 5) is 0. The van der Waals surface area contributed by atoms with Gasteiger partial charge in [0.25, 0.3) is 0 Å². The second-order valence-corrected chi connectivity index (χ2v) is 4.13. The van der Waals surface area contributed by atoms with Gasteiger partial charge in [-0.3, -0.25) is 0 Å². The van der Waals surface area contributed by atoms with E-state index in [2.05, 4.69) is 19.2 Å². The maximum absolute atomic E-state index is 9.55. The third-order valence-corrected chi connectivity index (χ3v) is 2.35. The van der Waals surface area contributed by atoms with Crippen LogP contribution in [0.25, 0.3) is 0 Å². The van der Waals surface area contributed by atoms with Crippen LogP contribution in [-0.4, -0.2) is 50.7 Å². The van der Waals surface area contributed by atoms with Crippen LogP contribution in [0, 0.1) is 5.92 Å². The van der Waals surface area contributed by atoms with E-state index in [9.17, 15) is 5.11 Å². The van der Waals surface area contributed by atoms with E-state index in [0.29, 0.717) is 25.7 Å². The van der Waals surface area contributed by atoms with Crippen LogP contribution < -0.4 is 5.32 Å². The quantitative estimate of drug-likeness (QED) is 0.559. The van der Waals surface area contributed by atoms with Crippen LogP contribution in [-0.2, 0) is 9.47 Å². The number of rotatable bonds is 9. The van der Waals surface area contributed by atoms with Crippen LogP contribution in [0.2, 0.25) is 0 Å². The van der Waals surface area contributed by atoms with E-state index < -0.39 is 6.10 Å². The molecule has 0 fully saturated rings. The number of aliphatic hydroxyl groups is 1. The third-order valence-electron chi connectivity index (χ3n) is 2.35. The van der Waals surface area contributed by atoms with E-state index in [-0.39, 0.29) is 6.10 Å². The molecule has 0 rings (SSSR count). The molecule has 0 radical (unpaired) electrons. The second kappa shape index (κ2) is 9.09. The molecular formula is C11H25NO3. The first-order valence-electron chi connectivity index (χ1n) is 5.57. The van der Waals surface area contributed by atoms with E-state index in [1.54, 1.807) is 7.11 Å². The highest BCUT2D eigenvalue weighted by molar-refractivity contribution is 4.61. The fourth-order valence-electron chi connectivity index (χ4n) is 0.957. The molecule has 0 aromatic carbocycles. The van der Waals surface area contributed by atoms with Gasteiger partial charge in [-0.25, -0.2) is 0 Å². The monoisotopic (exact) mass is 219 g/mol. The number of methoxy groups -OCH3 is 1. The summed E-state index contributed by atoms with van der Waals surface area (Å²) in [6.45, 7) is 8.59. The molecule has 0 aliphatic rings. The molecule has 0 aromatic rings. The Balaban J connectivity index is 3.36. The van der Waals surface area contributed by atoms with Crippen molar-refractivity contribution < 1.29 is 14.6 Å². The lowest BCUT2D eigenvalue weighted by atomic mass is 10.1. The van der Waals surface area contributed by atoms with Gasteiger partial charge >= 0.3 is 0 Å². The minimum Gasteiger partial charge on any atom is -0.389 e. The first-order valence-corrected chi connectivity index (χ1v) is 5.57. The van der Waals surface area contributed by atoms with E-state index in [4.69, 9.17) is 9.47 Å². The third kappa shape index (κ3) is 8.81. The SMILES string of the molecule is COCCNCC(O)COC(C)C(C)C. The molecular weight excluding hydrogens is 194 g/mol. The van der Waals surface area contributed by atoms with Crippen molar-refractivity contribution in [2.75, 3.05) is 33.4 Å². The van der Waals surface area contributed by atoms with Crippen molar-refractivity contribution >= 4 is 0 Å². The van der Waals surface area contributed by atoms with Crippen LogP contribution in [0.3, 0.4) is 0 Å². The van der Waals surface area contributed by atoms with Gasteiger partial charge < -0.3 is 19.9 Å². The summed E-state index contributed by atoms with van der Waals surface area (Å²) in [7, 11) is 1.66. The Morgan fingerprint density at radius 2 is 1.93 bits per heavy atom. The van der Waals surface area contributed by atoms with Crippen molar-refractivity contribution in [3.63, 3.8) is 0 Å². The molecule has 0 saturated carbocycles. The highest BCUT2D eigenvalue weighted by Crippen LogP contribution is 2.05. The summed E-state index contributed by atoms with van der Waals surface area (Å²) in [5, 5.41) is 12.6. The van der Waals surface area contributed by atoms with Gasteiger partial charge in [0.05, 0.1) is 25.4 Å². The average molecular weight is 219 g/mol. The summed E-state index contributed by atoms with van der Waals surface area (Å²) in [6, 6.07) is 0. The van der Waals surface area contributed by atoms with Crippen molar-refractivity contribution in [1.82, 2.24) is 5.32 Å². The van der Waals surface area contributed by atoms with Gasteiger partial charge in [-0.1, -0.05) is 13.8 Å². The zero-order valence-corrected chi connectivity index (χ0v) is 10.3. The Morgan fingerprint density at radius 3 is 2.47 bits per heavy atom. The lowest BCUT2D eigenvalue weighted by Gasteiger charge is -2.19. The minimum absolute atomic E-state index is 0.193. The lowest BCUT2D eigenvalue weighted by Crippen LogP contribution is -2.33. The molecule has 0 spiro atoms. The van der Waals surface area contributed by atoms with Gasteiger partial charge in [-0.2, -0.15) is 0 Å². The Labute approximate surface area is 93.0 Å². The number of hydrogen-bond donors (Lipinski definition) is 2. The zero-order valence-electron chi connectivity index (χ0n) is 10.3. The van der Waals surface area contributed by atoms with E-state index >= 15 is 0 Å². The summed E-state index contributed by atoms with van der Waals surface area (Å²) in [5.41, 5.74) is 0. The van der Waals surface area contributed by atoms with Gasteiger partial charge in [0.1, 0.15) is 0 Å². The predicted molar refractivity (Wildman–Crippen MR) is 61.0 cm³/mol. The van der Waals surface area contributed by atoms with Crippen LogP contribution in [0.1, 0.15) is 20.8 Å². The van der Waals surface area contributed by atoms with Crippen molar-refractivity contribution in [3.05, 3.63) is 0 Å². The second-order valence-electron chi connectivity index (χ2n) is 4.13. The Hall–Kier alpha value is -0.160. The standard InChI is InChI=1S/C11H25NO3/c1-9(2)10(3)15-8-11(13)7-12-5-6-14-4/h9-13H,5-8H2,1-4H3. The van der Waals surface area contributed by atoms with Crippen molar-refractivity contribution in [3.8, 4) is 0 Å². The number of hydrogen-bond acceptors (Lipinski definition) is 4. The van der Waals surface area contributed by atoms with Crippen LogP contribution in [0.15, 0.2) is 0 Å². The number of ether oxygens (including phenoxy) is 2. The lowest BCUT2D eigenvalue weighted by molar-refractivity contribution is -0.0192. The molecule has 92 valence electrons. The van der Waals surface area contributed by atoms with Crippen LogP contribution >= 0.6 is 0 Å². The van der Waals surface area contributed by atoms with Crippen molar-refractivity contribution in [2.24, 2.45) is 5.92 Å². The predicted octanol–water partition coefficient (Wildman–Crippen LogP) is 0.644. The first-order chi connectivity index (χ1) is 7.07. The fourth-order valence-corrected chi connectivity index (χ4v) is 0.957. The normalized spacial score (nSPS) is 15.6. The highest BCUT2D eigenvalue weighted by Gasteiger charge is 2.10.